The van der Waals surface area contributed by atoms with E-state index in [0.717, 1.165) is 11.5 Å². The van der Waals surface area contributed by atoms with E-state index in [-0.39, 0.29) is 0 Å². The van der Waals surface area contributed by atoms with Crippen molar-refractivity contribution in [2.24, 2.45) is 4.99 Å². The predicted octanol–water partition coefficient (Wildman–Crippen LogP) is 2.76. The highest BCUT2D eigenvalue weighted by molar-refractivity contribution is 5.93. The predicted molar refractivity (Wildman–Crippen MR) is 58.6 cm³/mol. The number of nitrogens with one attached hydrogen (secondary N) is 1. The standard InChI is InChI=1S/C11H16N2/c1-8-5-9(2)7-11(6-8)13-10(3)12-4/h5-7H,1-4H3,(H,12,13). The van der Waals surface area contributed by atoms with Gasteiger partial charge in [0.25, 0.3) is 0 Å². The maximum atomic E-state index is 4.05. The van der Waals surface area contributed by atoms with Gasteiger partial charge < -0.3 is 5.32 Å². The molecule has 0 saturated heterocycles. The van der Waals surface area contributed by atoms with Crippen LogP contribution in [0.5, 0.6) is 0 Å². The van der Waals surface area contributed by atoms with Gasteiger partial charge in [0.05, 0.1) is 5.84 Å². The Bertz CT molecular complexity index is 307. The minimum atomic E-state index is 0.935. The lowest BCUT2D eigenvalue weighted by molar-refractivity contribution is 1.36. The second-order valence-corrected chi connectivity index (χ2v) is 3.31. The molecule has 13 heavy (non-hydrogen) atoms. The summed E-state index contributed by atoms with van der Waals surface area (Å²) in [7, 11) is 1.78. The maximum Gasteiger partial charge on any atom is 0.0972 e. The summed E-state index contributed by atoms with van der Waals surface area (Å²) in [4.78, 5) is 4.05. The van der Waals surface area contributed by atoms with Gasteiger partial charge in [-0.25, -0.2) is 0 Å². The molecule has 70 valence electrons. The molecule has 0 atom stereocenters. The molecule has 0 aliphatic heterocycles. The summed E-state index contributed by atoms with van der Waals surface area (Å²) in [6.45, 7) is 6.14. The number of hydrogen-bond acceptors (Lipinski definition) is 1. The van der Waals surface area contributed by atoms with Crippen LogP contribution in [0.3, 0.4) is 0 Å². The van der Waals surface area contributed by atoms with E-state index in [1.165, 1.54) is 11.1 Å². The zero-order chi connectivity index (χ0) is 9.84. The highest BCUT2D eigenvalue weighted by Crippen LogP contribution is 2.13. The summed E-state index contributed by atoms with van der Waals surface area (Å²) in [5.41, 5.74) is 3.65. The monoisotopic (exact) mass is 176 g/mol. The molecule has 0 fully saturated rings. The van der Waals surface area contributed by atoms with E-state index >= 15 is 0 Å². The summed E-state index contributed by atoms with van der Waals surface area (Å²) in [6, 6.07) is 6.38. The summed E-state index contributed by atoms with van der Waals surface area (Å²) in [6.07, 6.45) is 0. The van der Waals surface area contributed by atoms with Crippen LogP contribution in [-0.4, -0.2) is 12.9 Å². The van der Waals surface area contributed by atoms with E-state index in [4.69, 9.17) is 0 Å². The van der Waals surface area contributed by atoms with E-state index in [0.29, 0.717) is 0 Å². The number of amidine groups is 1. The van der Waals surface area contributed by atoms with Gasteiger partial charge in [0.1, 0.15) is 0 Å². The smallest absolute Gasteiger partial charge is 0.0972 e. The van der Waals surface area contributed by atoms with Crippen LogP contribution in [0.1, 0.15) is 18.1 Å². The van der Waals surface area contributed by atoms with Gasteiger partial charge in [-0.05, 0) is 44.0 Å². The molecule has 2 nitrogen and oxygen atoms in total. The largest absolute Gasteiger partial charge is 0.344 e. The lowest BCUT2D eigenvalue weighted by Crippen LogP contribution is -2.06. The second kappa shape index (κ2) is 4.08. The molecule has 0 aliphatic carbocycles. The van der Waals surface area contributed by atoms with Gasteiger partial charge in [0.2, 0.25) is 0 Å². The zero-order valence-corrected chi connectivity index (χ0v) is 8.68. The lowest BCUT2D eigenvalue weighted by Gasteiger charge is -2.07. The van der Waals surface area contributed by atoms with Crippen LogP contribution in [0.15, 0.2) is 23.2 Å². The summed E-state index contributed by atoms with van der Waals surface area (Å²) >= 11 is 0. The van der Waals surface area contributed by atoms with Crippen LogP contribution < -0.4 is 5.32 Å². The molecule has 0 amide bonds. The van der Waals surface area contributed by atoms with Crippen molar-refractivity contribution in [1.29, 1.82) is 0 Å². The Morgan fingerprint density at radius 3 is 2.15 bits per heavy atom. The molecule has 1 rings (SSSR count). The van der Waals surface area contributed by atoms with E-state index in [1.807, 2.05) is 6.92 Å². The van der Waals surface area contributed by atoms with E-state index in [9.17, 15) is 0 Å². The molecule has 1 aromatic carbocycles. The third kappa shape index (κ3) is 2.90. The van der Waals surface area contributed by atoms with Crippen molar-refractivity contribution in [3.8, 4) is 0 Å². The molecule has 0 unspecified atom stereocenters. The fourth-order valence-corrected chi connectivity index (χ4v) is 1.31. The topological polar surface area (TPSA) is 24.4 Å². The number of aryl methyl sites for hydroxylation is 2. The highest BCUT2D eigenvalue weighted by Gasteiger charge is 1.95. The molecular formula is C11H16N2. The van der Waals surface area contributed by atoms with Crippen LogP contribution in [0, 0.1) is 13.8 Å². The summed E-state index contributed by atoms with van der Waals surface area (Å²) < 4.78 is 0. The molecule has 0 aliphatic rings. The minimum Gasteiger partial charge on any atom is -0.344 e. The number of aliphatic imine (C=N–C) groups is 1. The first-order chi connectivity index (χ1) is 6.11. The Morgan fingerprint density at radius 1 is 1.15 bits per heavy atom. The molecule has 0 bridgehead atoms. The van der Waals surface area contributed by atoms with Crippen molar-refractivity contribution >= 4 is 11.5 Å². The van der Waals surface area contributed by atoms with Crippen LogP contribution in [0.4, 0.5) is 5.69 Å². The van der Waals surface area contributed by atoms with Crippen LogP contribution >= 0.6 is 0 Å². The molecule has 0 saturated carbocycles. The first kappa shape index (κ1) is 9.78. The van der Waals surface area contributed by atoms with Crippen molar-refractivity contribution in [3.05, 3.63) is 29.3 Å². The quantitative estimate of drug-likeness (QED) is 0.516. The molecule has 0 aromatic heterocycles. The molecule has 0 spiro atoms. The molecule has 0 radical (unpaired) electrons. The Kier molecular flexibility index (Phi) is 3.07. The van der Waals surface area contributed by atoms with Crippen molar-refractivity contribution in [3.63, 3.8) is 0 Å². The molecule has 1 aromatic rings. The van der Waals surface area contributed by atoms with Gasteiger partial charge in [-0.15, -0.1) is 0 Å². The SMILES string of the molecule is CN=C(C)Nc1cc(C)cc(C)c1. The van der Waals surface area contributed by atoms with E-state index in [1.54, 1.807) is 7.05 Å². The van der Waals surface area contributed by atoms with E-state index in [2.05, 4.69) is 42.4 Å². The van der Waals surface area contributed by atoms with Gasteiger partial charge in [0.15, 0.2) is 0 Å². The van der Waals surface area contributed by atoms with Gasteiger partial charge in [-0.3, -0.25) is 4.99 Å². The van der Waals surface area contributed by atoms with Crippen LogP contribution in [0.25, 0.3) is 0 Å². The van der Waals surface area contributed by atoms with Gasteiger partial charge >= 0.3 is 0 Å². The summed E-state index contributed by atoms with van der Waals surface area (Å²) in [5, 5.41) is 3.22. The number of anilines is 1. The fraction of sp³-hybridized carbons (Fsp3) is 0.364. The number of nitrogens with zero attached hydrogens (tertiary/aromatic N) is 1. The third-order valence-electron chi connectivity index (χ3n) is 1.88. The van der Waals surface area contributed by atoms with Crippen LogP contribution in [-0.2, 0) is 0 Å². The highest BCUT2D eigenvalue weighted by atomic mass is 15.0. The molecule has 0 heterocycles. The van der Waals surface area contributed by atoms with Gasteiger partial charge in [-0.2, -0.15) is 0 Å². The lowest BCUT2D eigenvalue weighted by atomic mass is 10.1. The van der Waals surface area contributed by atoms with Crippen LogP contribution in [0.2, 0.25) is 0 Å². The Hall–Kier alpha value is -1.31. The normalized spacial score (nSPS) is 11.5. The molecular weight excluding hydrogens is 160 g/mol. The average molecular weight is 176 g/mol. The number of rotatable bonds is 1. The maximum absolute atomic E-state index is 4.05. The van der Waals surface area contributed by atoms with Crippen molar-refractivity contribution < 1.29 is 0 Å². The Balaban J connectivity index is 2.89. The third-order valence-corrected chi connectivity index (χ3v) is 1.88. The first-order valence-electron chi connectivity index (χ1n) is 4.40. The van der Waals surface area contributed by atoms with E-state index < -0.39 is 0 Å². The fourth-order valence-electron chi connectivity index (χ4n) is 1.31. The second-order valence-electron chi connectivity index (χ2n) is 3.31. The van der Waals surface area contributed by atoms with Gasteiger partial charge in [-0.1, -0.05) is 6.07 Å². The number of benzene rings is 1. The first-order valence-corrected chi connectivity index (χ1v) is 4.40. The van der Waals surface area contributed by atoms with Crippen molar-refractivity contribution in [2.75, 3.05) is 12.4 Å². The zero-order valence-electron chi connectivity index (χ0n) is 8.68. The van der Waals surface area contributed by atoms with Gasteiger partial charge in [0, 0.05) is 12.7 Å². The minimum absolute atomic E-state index is 0.935. The summed E-state index contributed by atoms with van der Waals surface area (Å²) in [5.74, 6) is 0.935. The van der Waals surface area contributed by atoms with Crippen molar-refractivity contribution in [2.45, 2.75) is 20.8 Å². The number of hydrogen-bond donors (Lipinski definition) is 1. The average Bonchev–Trinajstić information content (AvgIpc) is 2.02. The Labute approximate surface area is 79.7 Å². The molecule has 1 N–H and O–H groups in total. The Morgan fingerprint density at radius 2 is 1.69 bits per heavy atom. The molecule has 2 heteroatoms. The van der Waals surface area contributed by atoms with Crippen molar-refractivity contribution in [1.82, 2.24) is 0 Å².